The van der Waals surface area contributed by atoms with E-state index < -0.39 is 5.97 Å². The molecule has 0 aliphatic carbocycles. The topological polar surface area (TPSA) is 80.6 Å². The summed E-state index contributed by atoms with van der Waals surface area (Å²) in [6, 6.07) is 20.4. The van der Waals surface area contributed by atoms with Gasteiger partial charge in [0, 0.05) is 28.7 Å². The fourth-order valence-electron chi connectivity index (χ4n) is 4.45. The maximum Gasteiger partial charge on any atom is 0.335 e. The number of benzene rings is 3. The number of ether oxygens (including phenoxy) is 1. The number of carbonyl (C=O) groups is 2. The van der Waals surface area contributed by atoms with Crippen molar-refractivity contribution in [1.82, 2.24) is 9.88 Å². The zero-order valence-electron chi connectivity index (χ0n) is 21.3. The molecule has 1 atom stereocenters. The highest BCUT2D eigenvalue weighted by Gasteiger charge is 2.17. The van der Waals surface area contributed by atoms with Gasteiger partial charge in [0.1, 0.15) is 5.75 Å². The van der Waals surface area contributed by atoms with E-state index in [0.717, 1.165) is 39.0 Å². The normalized spacial score (nSPS) is 12.1. The van der Waals surface area contributed by atoms with Crippen LogP contribution < -0.4 is 10.1 Å². The Labute approximate surface area is 211 Å². The summed E-state index contributed by atoms with van der Waals surface area (Å²) in [6.45, 7) is 10.6. The van der Waals surface area contributed by atoms with Gasteiger partial charge in [0.2, 0.25) is 0 Å². The number of fused-ring (bicyclic) bond motifs is 1. The molecule has 186 valence electrons. The van der Waals surface area contributed by atoms with Crippen molar-refractivity contribution in [3.8, 4) is 5.75 Å². The number of aromatic nitrogens is 1. The summed E-state index contributed by atoms with van der Waals surface area (Å²) in [7, 11) is 0. The summed E-state index contributed by atoms with van der Waals surface area (Å²) in [5.74, 6) is -0.263. The van der Waals surface area contributed by atoms with Crippen molar-refractivity contribution in [1.29, 1.82) is 0 Å². The first kappa shape index (κ1) is 25.0. The molecule has 1 amide bonds. The zero-order valence-corrected chi connectivity index (χ0v) is 21.3. The Hall–Kier alpha value is -4.06. The van der Waals surface area contributed by atoms with Crippen LogP contribution in [0.15, 0.2) is 66.7 Å². The van der Waals surface area contributed by atoms with Crippen LogP contribution in [-0.4, -0.2) is 27.7 Å². The predicted octanol–water partition coefficient (Wildman–Crippen LogP) is 6.28. The highest BCUT2D eigenvalue weighted by atomic mass is 16.5. The van der Waals surface area contributed by atoms with Crippen molar-refractivity contribution in [2.24, 2.45) is 0 Å². The van der Waals surface area contributed by atoms with Crippen LogP contribution in [0.2, 0.25) is 0 Å². The minimum absolute atomic E-state index is 0.111. The van der Waals surface area contributed by atoms with E-state index in [1.165, 1.54) is 0 Å². The van der Waals surface area contributed by atoms with Gasteiger partial charge < -0.3 is 19.7 Å². The number of carbonyl (C=O) groups excluding carboxylic acids is 1. The highest BCUT2D eigenvalue weighted by Crippen LogP contribution is 2.28. The second-order valence-corrected chi connectivity index (χ2v) is 9.46. The van der Waals surface area contributed by atoms with Gasteiger partial charge in [-0.25, -0.2) is 4.79 Å². The van der Waals surface area contributed by atoms with Gasteiger partial charge in [-0.15, -0.1) is 0 Å². The number of nitrogens with zero attached hydrogens (tertiary/aromatic N) is 1. The minimum Gasteiger partial charge on any atom is -0.491 e. The van der Waals surface area contributed by atoms with E-state index in [9.17, 15) is 14.7 Å². The summed E-state index contributed by atoms with van der Waals surface area (Å²) < 4.78 is 7.86. The number of hydrogen-bond acceptors (Lipinski definition) is 3. The third-order valence-electron chi connectivity index (χ3n) is 6.52. The summed E-state index contributed by atoms with van der Waals surface area (Å²) in [5.41, 5.74) is 5.98. The highest BCUT2D eigenvalue weighted by molar-refractivity contribution is 5.99. The van der Waals surface area contributed by atoms with E-state index in [0.29, 0.717) is 12.1 Å². The SMILES string of the molecule is Cc1c(C)n(Cc2cccc(C(=O)O)c2)c2ccc(C(=O)N[C@@H](C)c3ccc(OC(C)C)cc3)cc12. The third kappa shape index (κ3) is 5.28. The Kier molecular flexibility index (Phi) is 7.15. The van der Waals surface area contributed by atoms with E-state index in [2.05, 4.69) is 9.88 Å². The van der Waals surface area contributed by atoms with Crippen molar-refractivity contribution in [2.45, 2.75) is 53.3 Å². The van der Waals surface area contributed by atoms with Crippen LogP contribution in [0.1, 0.15) is 69.9 Å². The maximum atomic E-state index is 13.1. The Balaban J connectivity index is 1.55. The van der Waals surface area contributed by atoms with E-state index in [1.54, 1.807) is 18.2 Å². The molecule has 0 saturated carbocycles. The number of carboxylic acid groups (broad SMARTS) is 1. The van der Waals surface area contributed by atoms with Gasteiger partial charge >= 0.3 is 5.97 Å². The van der Waals surface area contributed by atoms with Gasteiger partial charge in [0.25, 0.3) is 5.91 Å². The Morgan fingerprint density at radius 2 is 1.67 bits per heavy atom. The Morgan fingerprint density at radius 3 is 2.33 bits per heavy atom. The van der Waals surface area contributed by atoms with Crippen LogP contribution in [0.5, 0.6) is 5.75 Å². The third-order valence-corrected chi connectivity index (χ3v) is 6.52. The average Bonchev–Trinajstić information content (AvgIpc) is 3.08. The number of aryl methyl sites for hydroxylation is 1. The molecule has 0 aliphatic heterocycles. The molecule has 6 nitrogen and oxygen atoms in total. The molecule has 0 saturated heterocycles. The zero-order chi connectivity index (χ0) is 26.0. The van der Waals surface area contributed by atoms with Crippen LogP contribution in [0.3, 0.4) is 0 Å². The van der Waals surface area contributed by atoms with Crippen LogP contribution >= 0.6 is 0 Å². The predicted molar refractivity (Wildman–Crippen MR) is 142 cm³/mol. The van der Waals surface area contributed by atoms with Crippen LogP contribution in [-0.2, 0) is 6.54 Å². The van der Waals surface area contributed by atoms with Crippen molar-refractivity contribution in [3.63, 3.8) is 0 Å². The van der Waals surface area contributed by atoms with E-state index in [4.69, 9.17) is 4.74 Å². The molecule has 0 unspecified atom stereocenters. The summed E-state index contributed by atoms with van der Waals surface area (Å²) in [4.78, 5) is 24.4. The molecule has 0 aliphatic rings. The molecule has 0 bridgehead atoms. The first-order valence-corrected chi connectivity index (χ1v) is 12.1. The number of rotatable bonds is 8. The Bertz CT molecular complexity index is 1420. The van der Waals surface area contributed by atoms with E-state index >= 15 is 0 Å². The lowest BCUT2D eigenvalue weighted by Gasteiger charge is -2.16. The standard InChI is InChI=1S/C30H32N2O4/c1-18(2)36-26-12-9-23(10-13-26)20(4)31-29(33)24-11-14-28-27(16-24)19(3)21(5)32(28)17-22-7-6-8-25(15-22)30(34)35/h6-16,18,20H,17H2,1-5H3,(H,31,33)(H,34,35)/t20-/m0/s1. The molecule has 1 heterocycles. The number of aromatic carboxylic acids is 1. The van der Waals surface area contributed by atoms with Crippen LogP contribution in [0, 0.1) is 13.8 Å². The smallest absolute Gasteiger partial charge is 0.335 e. The lowest BCUT2D eigenvalue weighted by atomic mass is 10.1. The largest absolute Gasteiger partial charge is 0.491 e. The lowest BCUT2D eigenvalue weighted by molar-refractivity contribution is 0.0696. The van der Waals surface area contributed by atoms with Gasteiger partial charge in [-0.05, 0) is 93.8 Å². The van der Waals surface area contributed by atoms with Gasteiger partial charge in [0.15, 0.2) is 0 Å². The summed E-state index contributed by atoms with van der Waals surface area (Å²) >= 11 is 0. The minimum atomic E-state index is -0.938. The van der Waals surface area contributed by atoms with Gasteiger partial charge in [-0.3, -0.25) is 4.79 Å². The average molecular weight is 485 g/mol. The molecule has 36 heavy (non-hydrogen) atoms. The summed E-state index contributed by atoms with van der Waals surface area (Å²) in [5, 5.41) is 13.4. The fourth-order valence-corrected chi connectivity index (χ4v) is 4.45. The molecule has 2 N–H and O–H groups in total. The molecule has 4 aromatic rings. The number of hydrogen-bond donors (Lipinski definition) is 2. The molecule has 3 aromatic carbocycles. The van der Waals surface area contributed by atoms with Gasteiger partial charge in [-0.2, -0.15) is 0 Å². The van der Waals surface area contributed by atoms with Crippen LogP contribution in [0.4, 0.5) is 0 Å². The first-order valence-electron chi connectivity index (χ1n) is 12.1. The van der Waals surface area contributed by atoms with Crippen molar-refractivity contribution in [3.05, 3.63) is 100 Å². The quantitative estimate of drug-likeness (QED) is 0.308. The van der Waals surface area contributed by atoms with E-state index in [1.807, 2.05) is 83.1 Å². The van der Waals surface area contributed by atoms with Crippen molar-refractivity contribution in [2.75, 3.05) is 0 Å². The van der Waals surface area contributed by atoms with E-state index in [-0.39, 0.29) is 23.6 Å². The number of nitrogens with one attached hydrogen (secondary N) is 1. The van der Waals surface area contributed by atoms with Crippen molar-refractivity contribution < 1.29 is 19.4 Å². The molecule has 1 aromatic heterocycles. The Morgan fingerprint density at radius 1 is 0.944 bits per heavy atom. The summed E-state index contributed by atoms with van der Waals surface area (Å²) in [6.07, 6.45) is 0.111. The lowest BCUT2D eigenvalue weighted by Crippen LogP contribution is -2.26. The second-order valence-electron chi connectivity index (χ2n) is 9.46. The van der Waals surface area contributed by atoms with Gasteiger partial charge in [0.05, 0.1) is 17.7 Å². The van der Waals surface area contributed by atoms with Gasteiger partial charge in [-0.1, -0.05) is 24.3 Å². The van der Waals surface area contributed by atoms with Crippen molar-refractivity contribution >= 4 is 22.8 Å². The number of amides is 1. The molecule has 6 heteroatoms. The molecule has 0 radical (unpaired) electrons. The number of carboxylic acids is 1. The molecular weight excluding hydrogens is 452 g/mol. The van der Waals surface area contributed by atoms with Crippen LogP contribution in [0.25, 0.3) is 10.9 Å². The molecule has 0 spiro atoms. The second kappa shape index (κ2) is 10.3. The maximum absolute atomic E-state index is 13.1. The molecular formula is C30H32N2O4. The first-order chi connectivity index (χ1) is 17.1. The fraction of sp³-hybridized carbons (Fsp3) is 0.267. The monoisotopic (exact) mass is 484 g/mol. The molecule has 0 fully saturated rings. The molecule has 4 rings (SSSR count).